The van der Waals surface area contributed by atoms with E-state index in [0.717, 1.165) is 44.6 Å². The number of nitrogens with one attached hydrogen (secondary N) is 1. The molecular formula is C16H30N2O. The zero-order valence-corrected chi connectivity index (χ0v) is 12.2. The number of carbonyl (C=O) groups is 1. The van der Waals surface area contributed by atoms with Crippen molar-refractivity contribution < 1.29 is 4.79 Å². The molecule has 0 aliphatic heterocycles. The Labute approximate surface area is 117 Å². The average Bonchev–Trinajstić information content (AvgIpc) is 2.44. The van der Waals surface area contributed by atoms with Crippen LogP contribution in [0.2, 0.25) is 0 Å². The molecule has 0 spiro atoms. The molecule has 2 aliphatic carbocycles. The molecule has 0 aromatic rings. The molecule has 3 N–H and O–H groups in total. The van der Waals surface area contributed by atoms with Crippen molar-refractivity contribution in [1.82, 2.24) is 5.32 Å². The Morgan fingerprint density at radius 1 is 1.05 bits per heavy atom. The second kappa shape index (κ2) is 7.88. The maximum atomic E-state index is 12.0. The Bertz CT molecular complexity index is 274. The van der Waals surface area contributed by atoms with Gasteiger partial charge in [-0.3, -0.25) is 4.79 Å². The number of rotatable bonds is 5. The number of hydrogen-bond donors (Lipinski definition) is 2. The zero-order valence-electron chi connectivity index (χ0n) is 12.2. The van der Waals surface area contributed by atoms with Gasteiger partial charge in [0.1, 0.15) is 0 Å². The first-order chi connectivity index (χ1) is 9.25. The average molecular weight is 266 g/mol. The largest absolute Gasteiger partial charge is 0.356 e. The fraction of sp³-hybridized carbons (Fsp3) is 0.938. The second-order valence-electron chi connectivity index (χ2n) is 6.56. The number of carbonyl (C=O) groups excluding carboxylic acids is 1. The van der Waals surface area contributed by atoms with Crippen molar-refractivity contribution in [2.24, 2.45) is 17.6 Å². The smallest absolute Gasteiger partial charge is 0.223 e. The van der Waals surface area contributed by atoms with E-state index in [1.165, 1.54) is 38.5 Å². The topological polar surface area (TPSA) is 55.1 Å². The van der Waals surface area contributed by atoms with Crippen LogP contribution in [0.5, 0.6) is 0 Å². The van der Waals surface area contributed by atoms with Crippen LogP contribution < -0.4 is 11.1 Å². The van der Waals surface area contributed by atoms with Gasteiger partial charge in [0.25, 0.3) is 0 Å². The monoisotopic (exact) mass is 266 g/mol. The fourth-order valence-electron chi connectivity index (χ4n) is 3.69. The lowest BCUT2D eigenvalue weighted by Gasteiger charge is -2.26. The highest BCUT2D eigenvalue weighted by Gasteiger charge is 2.24. The predicted molar refractivity (Wildman–Crippen MR) is 78.8 cm³/mol. The summed E-state index contributed by atoms with van der Waals surface area (Å²) in [5.41, 5.74) is 5.94. The minimum Gasteiger partial charge on any atom is -0.356 e. The molecule has 0 saturated heterocycles. The first-order valence-electron chi connectivity index (χ1n) is 8.29. The molecule has 0 bridgehead atoms. The molecule has 2 atom stereocenters. The van der Waals surface area contributed by atoms with Gasteiger partial charge in [-0.1, -0.05) is 38.5 Å². The Balaban J connectivity index is 1.55. The van der Waals surface area contributed by atoms with E-state index < -0.39 is 0 Å². The van der Waals surface area contributed by atoms with Crippen molar-refractivity contribution in [2.45, 2.75) is 76.7 Å². The molecule has 2 aliphatic rings. The molecule has 0 aromatic heterocycles. The summed E-state index contributed by atoms with van der Waals surface area (Å²) in [6, 6.07) is 0.242. The van der Waals surface area contributed by atoms with Crippen molar-refractivity contribution in [3.8, 4) is 0 Å². The zero-order chi connectivity index (χ0) is 13.5. The highest BCUT2D eigenvalue weighted by atomic mass is 16.1. The van der Waals surface area contributed by atoms with E-state index in [1.807, 2.05) is 0 Å². The maximum Gasteiger partial charge on any atom is 0.223 e. The van der Waals surface area contributed by atoms with Crippen LogP contribution in [0.25, 0.3) is 0 Å². The van der Waals surface area contributed by atoms with Gasteiger partial charge in [-0.25, -0.2) is 0 Å². The Kier molecular flexibility index (Phi) is 6.15. The lowest BCUT2D eigenvalue weighted by atomic mass is 9.85. The summed E-state index contributed by atoms with van der Waals surface area (Å²) in [5, 5.41) is 3.12. The highest BCUT2D eigenvalue weighted by molar-refractivity contribution is 5.78. The van der Waals surface area contributed by atoms with Crippen LogP contribution in [-0.4, -0.2) is 18.5 Å². The summed E-state index contributed by atoms with van der Waals surface area (Å²) in [5.74, 6) is 1.35. The van der Waals surface area contributed by atoms with Gasteiger partial charge in [0.15, 0.2) is 0 Å². The normalized spacial score (nSPS) is 29.1. The van der Waals surface area contributed by atoms with E-state index in [0.29, 0.717) is 0 Å². The molecule has 0 heterocycles. The quantitative estimate of drug-likeness (QED) is 0.752. The summed E-state index contributed by atoms with van der Waals surface area (Å²) in [7, 11) is 0. The Morgan fingerprint density at radius 2 is 1.84 bits per heavy atom. The number of nitrogens with two attached hydrogens (primary N) is 1. The lowest BCUT2D eigenvalue weighted by Crippen LogP contribution is -2.38. The maximum absolute atomic E-state index is 12.0. The fourth-order valence-corrected chi connectivity index (χ4v) is 3.69. The molecule has 110 valence electrons. The van der Waals surface area contributed by atoms with Crippen molar-refractivity contribution >= 4 is 5.91 Å². The van der Waals surface area contributed by atoms with Gasteiger partial charge in [-0.2, -0.15) is 0 Å². The van der Waals surface area contributed by atoms with Gasteiger partial charge < -0.3 is 11.1 Å². The lowest BCUT2D eigenvalue weighted by molar-refractivity contribution is -0.126. The van der Waals surface area contributed by atoms with Crippen LogP contribution in [0, 0.1) is 11.8 Å². The number of amides is 1. The van der Waals surface area contributed by atoms with Crippen LogP contribution in [0.3, 0.4) is 0 Å². The van der Waals surface area contributed by atoms with E-state index in [-0.39, 0.29) is 17.9 Å². The SMILES string of the molecule is NC1CCCC(C(=O)NCCCC2CCCCC2)C1. The Hall–Kier alpha value is -0.570. The summed E-state index contributed by atoms with van der Waals surface area (Å²) >= 11 is 0. The van der Waals surface area contributed by atoms with E-state index >= 15 is 0 Å². The van der Waals surface area contributed by atoms with Crippen LogP contribution >= 0.6 is 0 Å². The molecule has 1 amide bonds. The Morgan fingerprint density at radius 3 is 2.58 bits per heavy atom. The third kappa shape index (κ3) is 5.13. The first kappa shape index (κ1) is 14.8. The molecule has 0 radical (unpaired) electrons. The minimum absolute atomic E-state index is 0.179. The molecule has 0 aromatic carbocycles. The number of hydrogen-bond acceptors (Lipinski definition) is 2. The van der Waals surface area contributed by atoms with Gasteiger partial charge in [0.05, 0.1) is 0 Å². The molecule has 2 fully saturated rings. The summed E-state index contributed by atoms with van der Waals surface area (Å²) in [4.78, 5) is 12.0. The van der Waals surface area contributed by atoms with E-state index in [4.69, 9.17) is 5.73 Å². The molecule has 3 heteroatoms. The molecule has 2 unspecified atom stereocenters. The summed E-state index contributed by atoms with van der Waals surface area (Å²) in [6.07, 6.45) is 13.6. The summed E-state index contributed by atoms with van der Waals surface area (Å²) in [6.45, 7) is 0.862. The molecule has 19 heavy (non-hydrogen) atoms. The van der Waals surface area contributed by atoms with Gasteiger partial charge in [-0.15, -0.1) is 0 Å². The van der Waals surface area contributed by atoms with Crippen LogP contribution in [0.4, 0.5) is 0 Å². The van der Waals surface area contributed by atoms with Crippen molar-refractivity contribution in [3.63, 3.8) is 0 Å². The van der Waals surface area contributed by atoms with Gasteiger partial charge >= 0.3 is 0 Å². The molecule has 2 saturated carbocycles. The van der Waals surface area contributed by atoms with Crippen molar-refractivity contribution in [3.05, 3.63) is 0 Å². The first-order valence-corrected chi connectivity index (χ1v) is 8.29. The van der Waals surface area contributed by atoms with E-state index in [1.54, 1.807) is 0 Å². The summed E-state index contributed by atoms with van der Waals surface area (Å²) < 4.78 is 0. The minimum atomic E-state index is 0.179. The van der Waals surface area contributed by atoms with Gasteiger partial charge in [-0.05, 0) is 38.0 Å². The predicted octanol–water partition coefficient (Wildman–Crippen LogP) is 2.98. The van der Waals surface area contributed by atoms with Crippen LogP contribution in [-0.2, 0) is 4.79 Å². The van der Waals surface area contributed by atoms with Crippen molar-refractivity contribution in [1.29, 1.82) is 0 Å². The van der Waals surface area contributed by atoms with E-state index in [2.05, 4.69) is 5.32 Å². The molecule has 2 rings (SSSR count). The second-order valence-corrected chi connectivity index (χ2v) is 6.56. The standard InChI is InChI=1S/C16H30N2O/c17-15-10-4-9-14(12-15)16(19)18-11-5-8-13-6-2-1-3-7-13/h13-15H,1-12,17H2,(H,18,19). The van der Waals surface area contributed by atoms with Gasteiger partial charge in [0, 0.05) is 18.5 Å². The van der Waals surface area contributed by atoms with Crippen molar-refractivity contribution in [2.75, 3.05) is 6.54 Å². The highest BCUT2D eigenvalue weighted by Crippen LogP contribution is 2.27. The van der Waals surface area contributed by atoms with Gasteiger partial charge in [0.2, 0.25) is 5.91 Å². The van der Waals surface area contributed by atoms with E-state index in [9.17, 15) is 4.79 Å². The molecule has 3 nitrogen and oxygen atoms in total. The van der Waals surface area contributed by atoms with Crippen LogP contribution in [0.15, 0.2) is 0 Å². The molecular weight excluding hydrogens is 236 g/mol. The third-order valence-corrected chi connectivity index (χ3v) is 4.90. The third-order valence-electron chi connectivity index (χ3n) is 4.90. The van der Waals surface area contributed by atoms with Crippen LogP contribution in [0.1, 0.15) is 70.6 Å².